The van der Waals surface area contributed by atoms with Crippen molar-refractivity contribution in [3.05, 3.63) is 134 Å². The quantitative estimate of drug-likeness (QED) is 0.0346. The first-order valence-electron chi connectivity index (χ1n) is 25.7. The predicted octanol–water partition coefficient (Wildman–Crippen LogP) is 17.6. The van der Waals surface area contributed by atoms with Crippen molar-refractivity contribution in [1.82, 2.24) is 0 Å². The van der Waals surface area contributed by atoms with Crippen molar-refractivity contribution in [3.63, 3.8) is 0 Å². The molecule has 0 aliphatic rings. The van der Waals surface area contributed by atoms with E-state index in [1.807, 2.05) is 6.08 Å². The molecular weight excluding hydrogens is 789 g/mol. The highest BCUT2D eigenvalue weighted by Crippen LogP contribution is 2.11. The molecule has 64 heavy (non-hydrogen) atoms. The molecule has 1 unspecified atom stereocenters. The Labute approximate surface area is 394 Å². The number of carbonyl (C=O) groups excluding carboxylic acids is 2. The Morgan fingerprint density at radius 2 is 0.734 bits per heavy atom. The van der Waals surface area contributed by atoms with Gasteiger partial charge in [-0.1, -0.05) is 206 Å². The maximum absolute atomic E-state index is 12.7. The molecular formula is C59H94O5. The highest BCUT2D eigenvalue weighted by Gasteiger charge is 2.17. The van der Waals surface area contributed by atoms with Crippen LogP contribution >= 0.6 is 0 Å². The van der Waals surface area contributed by atoms with E-state index in [2.05, 4.69) is 148 Å². The Bertz CT molecular complexity index is 1370. The SMILES string of the molecule is CC/C=C\C/C=C\C/C=C\C/C=C\C/C=C\C/C=C\CCCOCC(COC(=O)CCCCCCC/C=C\CCCCCCCC)OC(=O)CC/C=C\C/C=C\C/C=C\C/C=C\CC. The Morgan fingerprint density at radius 1 is 0.359 bits per heavy atom. The Morgan fingerprint density at radius 3 is 1.20 bits per heavy atom. The fourth-order valence-corrected chi connectivity index (χ4v) is 6.42. The number of unbranched alkanes of at least 4 members (excludes halogenated alkanes) is 12. The summed E-state index contributed by atoms with van der Waals surface area (Å²) in [6, 6.07) is 0. The molecule has 0 spiro atoms. The van der Waals surface area contributed by atoms with Crippen LogP contribution in [-0.4, -0.2) is 37.9 Å². The highest BCUT2D eigenvalue weighted by atomic mass is 16.6. The van der Waals surface area contributed by atoms with Gasteiger partial charge in [-0.05, 0) is 116 Å². The lowest BCUT2D eigenvalue weighted by atomic mass is 10.1. The highest BCUT2D eigenvalue weighted by molar-refractivity contribution is 5.70. The van der Waals surface area contributed by atoms with Gasteiger partial charge >= 0.3 is 11.9 Å². The second-order valence-corrected chi connectivity index (χ2v) is 16.3. The van der Waals surface area contributed by atoms with Gasteiger partial charge in [0.1, 0.15) is 6.61 Å². The Kier molecular flexibility index (Phi) is 50.1. The number of carbonyl (C=O) groups is 2. The molecule has 0 aromatic rings. The standard InChI is InChI=1S/C59H94O5/c1-4-7-10-13-16-19-22-25-27-28-29-30-31-33-36-39-42-45-48-51-54-62-55-57(64-59(61)53-50-47-44-41-38-34-24-21-18-15-12-9-6-3)56-63-58(60)52-49-46-43-40-37-35-32-26-23-20-17-14-11-8-5-2/h7,9-10,12,16,18-19,21,25-27,29-30,32-34,36,38,42,44-45,47,57H,4-6,8,11,13-15,17,20,22-24,28,31,35,37,39-41,43,46,48-56H2,1-3H3/b10-7-,12-9-,19-16-,21-18-,27-25-,30-29-,32-26-,36-33-,38-34-,45-42-,47-44-. The molecule has 5 nitrogen and oxygen atoms in total. The fraction of sp³-hybridized carbons (Fsp3) is 0.593. The molecule has 0 aliphatic carbocycles. The maximum atomic E-state index is 12.7. The zero-order chi connectivity index (χ0) is 46.3. The van der Waals surface area contributed by atoms with Crippen LogP contribution in [0.2, 0.25) is 0 Å². The van der Waals surface area contributed by atoms with Crippen LogP contribution in [0.4, 0.5) is 0 Å². The van der Waals surface area contributed by atoms with Gasteiger partial charge in [0.2, 0.25) is 0 Å². The van der Waals surface area contributed by atoms with E-state index in [0.717, 1.165) is 103 Å². The average molecular weight is 883 g/mol. The van der Waals surface area contributed by atoms with E-state index in [-0.39, 0.29) is 31.6 Å². The molecule has 0 saturated heterocycles. The number of esters is 2. The number of hydrogen-bond acceptors (Lipinski definition) is 5. The zero-order valence-corrected chi connectivity index (χ0v) is 41.2. The first kappa shape index (κ1) is 60.0. The lowest BCUT2D eigenvalue weighted by molar-refractivity contribution is -0.162. The lowest BCUT2D eigenvalue weighted by Crippen LogP contribution is -2.30. The van der Waals surface area contributed by atoms with E-state index in [1.165, 1.54) is 57.8 Å². The molecule has 0 saturated carbocycles. The van der Waals surface area contributed by atoms with Crippen LogP contribution in [0.25, 0.3) is 0 Å². The third-order valence-corrected chi connectivity index (χ3v) is 10.2. The maximum Gasteiger partial charge on any atom is 0.306 e. The largest absolute Gasteiger partial charge is 0.462 e. The first-order valence-corrected chi connectivity index (χ1v) is 25.7. The van der Waals surface area contributed by atoms with Crippen molar-refractivity contribution in [1.29, 1.82) is 0 Å². The molecule has 5 heteroatoms. The molecule has 0 N–H and O–H groups in total. The van der Waals surface area contributed by atoms with Crippen molar-refractivity contribution in [2.24, 2.45) is 0 Å². The molecule has 0 amide bonds. The normalized spacial score (nSPS) is 13.4. The predicted molar refractivity (Wildman–Crippen MR) is 278 cm³/mol. The van der Waals surface area contributed by atoms with Crippen LogP contribution in [0.3, 0.4) is 0 Å². The van der Waals surface area contributed by atoms with Gasteiger partial charge in [0.15, 0.2) is 6.10 Å². The minimum atomic E-state index is -0.617. The van der Waals surface area contributed by atoms with Crippen molar-refractivity contribution in [2.75, 3.05) is 19.8 Å². The molecule has 1 atom stereocenters. The summed E-state index contributed by atoms with van der Waals surface area (Å²) in [4.78, 5) is 25.3. The van der Waals surface area contributed by atoms with E-state index in [0.29, 0.717) is 19.4 Å². The Balaban J connectivity index is 4.49. The second kappa shape index (κ2) is 53.4. The third kappa shape index (κ3) is 50.7. The van der Waals surface area contributed by atoms with E-state index in [4.69, 9.17) is 14.2 Å². The topological polar surface area (TPSA) is 61.8 Å². The fourth-order valence-electron chi connectivity index (χ4n) is 6.42. The summed E-state index contributed by atoms with van der Waals surface area (Å²) in [6.07, 6.45) is 76.3. The van der Waals surface area contributed by atoms with Crippen LogP contribution in [0.5, 0.6) is 0 Å². The number of hydrogen-bond donors (Lipinski definition) is 0. The van der Waals surface area contributed by atoms with Gasteiger partial charge in [-0.2, -0.15) is 0 Å². The number of rotatable bonds is 45. The zero-order valence-electron chi connectivity index (χ0n) is 41.2. The Hall–Kier alpha value is -3.96. The smallest absolute Gasteiger partial charge is 0.306 e. The van der Waals surface area contributed by atoms with Crippen LogP contribution in [0.15, 0.2) is 134 Å². The summed E-state index contributed by atoms with van der Waals surface area (Å²) in [6.45, 7) is 7.34. The monoisotopic (exact) mass is 883 g/mol. The molecule has 0 heterocycles. The third-order valence-electron chi connectivity index (χ3n) is 10.2. The summed E-state index contributed by atoms with van der Waals surface area (Å²) >= 11 is 0. The van der Waals surface area contributed by atoms with Crippen LogP contribution < -0.4 is 0 Å². The van der Waals surface area contributed by atoms with E-state index >= 15 is 0 Å². The lowest BCUT2D eigenvalue weighted by Gasteiger charge is -2.18. The molecule has 360 valence electrons. The summed E-state index contributed by atoms with van der Waals surface area (Å²) < 4.78 is 17.2. The number of allylic oxidation sites excluding steroid dienone is 22. The first-order chi connectivity index (χ1) is 31.6. The average Bonchev–Trinajstić information content (AvgIpc) is 3.30. The summed E-state index contributed by atoms with van der Waals surface area (Å²) in [7, 11) is 0. The van der Waals surface area contributed by atoms with Gasteiger partial charge in [0.25, 0.3) is 0 Å². The van der Waals surface area contributed by atoms with Crippen molar-refractivity contribution >= 4 is 11.9 Å². The molecule has 0 aliphatic heterocycles. The minimum absolute atomic E-state index is 0.0206. The van der Waals surface area contributed by atoms with Crippen molar-refractivity contribution in [2.45, 2.75) is 207 Å². The van der Waals surface area contributed by atoms with E-state index in [9.17, 15) is 9.59 Å². The molecule has 0 rings (SSSR count). The molecule has 0 fully saturated rings. The van der Waals surface area contributed by atoms with Gasteiger partial charge in [0.05, 0.1) is 6.61 Å². The van der Waals surface area contributed by atoms with Crippen LogP contribution in [-0.2, 0) is 23.8 Å². The van der Waals surface area contributed by atoms with Crippen LogP contribution in [0, 0.1) is 0 Å². The minimum Gasteiger partial charge on any atom is -0.462 e. The number of ether oxygens (including phenoxy) is 3. The van der Waals surface area contributed by atoms with Gasteiger partial charge in [-0.3, -0.25) is 9.59 Å². The molecule has 0 aromatic carbocycles. The summed E-state index contributed by atoms with van der Waals surface area (Å²) in [5.41, 5.74) is 0. The molecule has 0 aromatic heterocycles. The second-order valence-electron chi connectivity index (χ2n) is 16.3. The van der Waals surface area contributed by atoms with Crippen molar-refractivity contribution < 1.29 is 23.8 Å². The van der Waals surface area contributed by atoms with Crippen LogP contribution in [0.1, 0.15) is 201 Å². The van der Waals surface area contributed by atoms with Gasteiger partial charge < -0.3 is 14.2 Å². The van der Waals surface area contributed by atoms with E-state index in [1.54, 1.807) is 0 Å². The summed E-state index contributed by atoms with van der Waals surface area (Å²) in [5, 5.41) is 0. The van der Waals surface area contributed by atoms with Crippen molar-refractivity contribution in [3.8, 4) is 0 Å². The molecule has 0 radical (unpaired) electrons. The van der Waals surface area contributed by atoms with Gasteiger partial charge in [0, 0.05) is 19.4 Å². The van der Waals surface area contributed by atoms with Gasteiger partial charge in [-0.15, -0.1) is 0 Å². The molecule has 0 bridgehead atoms. The van der Waals surface area contributed by atoms with Gasteiger partial charge in [-0.25, -0.2) is 0 Å². The van der Waals surface area contributed by atoms with E-state index < -0.39 is 6.10 Å². The summed E-state index contributed by atoms with van der Waals surface area (Å²) in [5.74, 6) is -0.543.